The van der Waals surface area contributed by atoms with Crippen LogP contribution < -0.4 is 4.74 Å². The van der Waals surface area contributed by atoms with Crippen molar-refractivity contribution in [3.05, 3.63) is 29.8 Å². The predicted molar refractivity (Wildman–Crippen MR) is 70.2 cm³/mol. The van der Waals surface area contributed by atoms with E-state index in [-0.39, 0.29) is 6.10 Å². The molecule has 1 atom stereocenters. The highest BCUT2D eigenvalue weighted by atomic mass is 32.2. The van der Waals surface area contributed by atoms with Gasteiger partial charge in [0.2, 0.25) is 0 Å². The zero-order chi connectivity index (χ0) is 11.8. The Morgan fingerprint density at radius 2 is 1.94 bits per heavy atom. The van der Waals surface area contributed by atoms with Crippen molar-refractivity contribution >= 4 is 11.8 Å². The molecule has 1 aromatic carbocycles. The molecule has 2 nitrogen and oxygen atoms in total. The molecule has 1 rings (SSSR count). The number of thioether (sulfide) groups is 1. The Hall–Kier alpha value is -0.670. The Kier molecular flexibility index (Phi) is 6.34. The molecule has 0 bridgehead atoms. The van der Waals surface area contributed by atoms with Crippen molar-refractivity contribution in [2.75, 3.05) is 18.1 Å². The van der Waals surface area contributed by atoms with Crippen LogP contribution in [0.1, 0.15) is 31.9 Å². The minimum atomic E-state index is -0.352. The number of rotatable bonds is 7. The summed E-state index contributed by atoms with van der Waals surface area (Å²) in [6.07, 6.45) is 0.460. The third-order valence-corrected chi connectivity index (χ3v) is 3.25. The second-order valence-corrected chi connectivity index (χ2v) is 4.90. The molecule has 3 heteroatoms. The molecular weight excluding hydrogens is 220 g/mol. The maximum absolute atomic E-state index is 9.91. The second-order valence-electron chi connectivity index (χ2n) is 3.50. The van der Waals surface area contributed by atoms with Gasteiger partial charge in [-0.1, -0.05) is 19.1 Å². The Labute approximate surface area is 102 Å². The normalized spacial score (nSPS) is 12.4. The first-order valence-electron chi connectivity index (χ1n) is 5.76. The average molecular weight is 240 g/mol. The van der Waals surface area contributed by atoms with Crippen LogP contribution in [0.25, 0.3) is 0 Å². The van der Waals surface area contributed by atoms with Crippen LogP contribution in [-0.2, 0) is 0 Å². The Morgan fingerprint density at radius 3 is 2.50 bits per heavy atom. The molecule has 0 aliphatic rings. The van der Waals surface area contributed by atoms with E-state index in [1.54, 1.807) is 0 Å². The quantitative estimate of drug-likeness (QED) is 0.742. The summed E-state index contributed by atoms with van der Waals surface area (Å²) in [5, 5.41) is 9.91. The number of aliphatic hydroxyl groups is 1. The van der Waals surface area contributed by atoms with Gasteiger partial charge < -0.3 is 9.84 Å². The van der Waals surface area contributed by atoms with Crippen molar-refractivity contribution in [1.82, 2.24) is 0 Å². The summed E-state index contributed by atoms with van der Waals surface area (Å²) in [5.41, 5.74) is 0.972. The molecule has 1 aromatic rings. The zero-order valence-electron chi connectivity index (χ0n) is 9.98. The summed E-state index contributed by atoms with van der Waals surface area (Å²) in [5.74, 6) is 2.97. The number of hydrogen-bond acceptors (Lipinski definition) is 3. The Balaban J connectivity index is 2.46. The third kappa shape index (κ3) is 4.45. The summed E-state index contributed by atoms with van der Waals surface area (Å²) < 4.78 is 5.35. The monoisotopic (exact) mass is 240 g/mol. The van der Waals surface area contributed by atoms with Gasteiger partial charge in [-0.05, 0) is 42.5 Å². The molecule has 0 saturated heterocycles. The number of aliphatic hydroxyl groups excluding tert-OH is 1. The first-order chi connectivity index (χ1) is 7.77. The van der Waals surface area contributed by atoms with Crippen LogP contribution in [-0.4, -0.2) is 23.2 Å². The summed E-state index contributed by atoms with van der Waals surface area (Å²) >= 11 is 1.86. The molecule has 0 aliphatic heterocycles. The van der Waals surface area contributed by atoms with Crippen molar-refractivity contribution in [1.29, 1.82) is 0 Å². The maximum Gasteiger partial charge on any atom is 0.119 e. The van der Waals surface area contributed by atoms with Gasteiger partial charge in [0.1, 0.15) is 5.75 Å². The number of hydrogen-bond donors (Lipinski definition) is 1. The van der Waals surface area contributed by atoms with E-state index < -0.39 is 0 Å². The number of ether oxygens (including phenoxy) is 1. The molecule has 1 N–H and O–H groups in total. The standard InChI is InChI=1S/C13H20O2S/c1-3-15-12-7-5-11(6-8-12)13(14)9-10-16-4-2/h5-8,13-14H,3-4,9-10H2,1-2H3. The topological polar surface area (TPSA) is 29.5 Å². The van der Waals surface area contributed by atoms with Crippen LogP contribution in [0.4, 0.5) is 0 Å². The zero-order valence-corrected chi connectivity index (χ0v) is 10.8. The second kappa shape index (κ2) is 7.58. The Bertz CT molecular complexity index is 284. The minimum Gasteiger partial charge on any atom is -0.494 e. The highest BCUT2D eigenvalue weighted by Gasteiger charge is 2.06. The van der Waals surface area contributed by atoms with E-state index in [4.69, 9.17) is 4.74 Å². The van der Waals surface area contributed by atoms with Crippen molar-refractivity contribution in [2.45, 2.75) is 26.4 Å². The van der Waals surface area contributed by atoms with Gasteiger partial charge in [-0.3, -0.25) is 0 Å². The van der Waals surface area contributed by atoms with Crippen LogP contribution in [0.5, 0.6) is 5.75 Å². The van der Waals surface area contributed by atoms with Crippen molar-refractivity contribution in [3.8, 4) is 5.75 Å². The number of benzene rings is 1. The van der Waals surface area contributed by atoms with E-state index in [1.807, 2.05) is 43.0 Å². The lowest BCUT2D eigenvalue weighted by Crippen LogP contribution is -1.99. The smallest absolute Gasteiger partial charge is 0.119 e. The van der Waals surface area contributed by atoms with Crippen molar-refractivity contribution < 1.29 is 9.84 Å². The maximum atomic E-state index is 9.91. The molecule has 0 aromatic heterocycles. The van der Waals surface area contributed by atoms with Crippen LogP contribution in [0.2, 0.25) is 0 Å². The van der Waals surface area contributed by atoms with Gasteiger partial charge in [0.25, 0.3) is 0 Å². The van der Waals surface area contributed by atoms with E-state index >= 15 is 0 Å². The SMILES string of the molecule is CCOc1ccc(C(O)CCSCC)cc1. The third-order valence-electron chi connectivity index (χ3n) is 2.32. The lowest BCUT2D eigenvalue weighted by Gasteiger charge is -2.11. The van der Waals surface area contributed by atoms with Crippen molar-refractivity contribution in [2.24, 2.45) is 0 Å². The predicted octanol–water partition coefficient (Wildman–Crippen LogP) is 3.26. The van der Waals surface area contributed by atoms with Gasteiger partial charge in [0, 0.05) is 0 Å². The van der Waals surface area contributed by atoms with Crippen LogP contribution >= 0.6 is 11.8 Å². The highest BCUT2D eigenvalue weighted by molar-refractivity contribution is 7.99. The van der Waals surface area contributed by atoms with Gasteiger partial charge in [-0.15, -0.1) is 0 Å². The van der Waals surface area contributed by atoms with Crippen LogP contribution in [0.15, 0.2) is 24.3 Å². The first-order valence-corrected chi connectivity index (χ1v) is 6.92. The molecule has 1 unspecified atom stereocenters. The summed E-state index contributed by atoms with van der Waals surface area (Å²) in [7, 11) is 0. The Morgan fingerprint density at radius 1 is 1.25 bits per heavy atom. The minimum absolute atomic E-state index is 0.352. The van der Waals surface area contributed by atoms with Crippen LogP contribution in [0, 0.1) is 0 Å². The van der Waals surface area contributed by atoms with E-state index in [0.29, 0.717) is 6.61 Å². The van der Waals surface area contributed by atoms with Gasteiger partial charge in [-0.2, -0.15) is 11.8 Å². The lowest BCUT2D eigenvalue weighted by molar-refractivity contribution is 0.175. The van der Waals surface area contributed by atoms with E-state index in [2.05, 4.69) is 6.92 Å². The molecule has 0 heterocycles. The largest absolute Gasteiger partial charge is 0.494 e. The lowest BCUT2D eigenvalue weighted by atomic mass is 10.1. The first kappa shape index (κ1) is 13.4. The van der Waals surface area contributed by atoms with Crippen LogP contribution in [0.3, 0.4) is 0 Å². The summed E-state index contributed by atoms with van der Waals surface area (Å²) in [4.78, 5) is 0. The van der Waals surface area contributed by atoms with Gasteiger partial charge in [0.05, 0.1) is 12.7 Å². The fraction of sp³-hybridized carbons (Fsp3) is 0.538. The van der Waals surface area contributed by atoms with Crippen molar-refractivity contribution in [3.63, 3.8) is 0 Å². The van der Waals surface area contributed by atoms with E-state index in [9.17, 15) is 5.11 Å². The van der Waals surface area contributed by atoms with Gasteiger partial charge in [0.15, 0.2) is 0 Å². The fourth-order valence-electron chi connectivity index (χ4n) is 1.46. The van der Waals surface area contributed by atoms with Gasteiger partial charge >= 0.3 is 0 Å². The van der Waals surface area contributed by atoms with Gasteiger partial charge in [-0.25, -0.2) is 0 Å². The molecule has 0 radical (unpaired) electrons. The highest BCUT2D eigenvalue weighted by Crippen LogP contribution is 2.21. The average Bonchev–Trinajstić information content (AvgIpc) is 2.30. The molecule has 0 amide bonds. The molecule has 16 heavy (non-hydrogen) atoms. The van der Waals surface area contributed by atoms with E-state index in [0.717, 1.165) is 29.2 Å². The molecule has 0 saturated carbocycles. The van der Waals surface area contributed by atoms with E-state index in [1.165, 1.54) is 0 Å². The summed E-state index contributed by atoms with van der Waals surface area (Å²) in [6, 6.07) is 7.70. The molecular formula is C13H20O2S. The molecule has 90 valence electrons. The molecule has 0 spiro atoms. The summed E-state index contributed by atoms with van der Waals surface area (Å²) in [6.45, 7) is 4.77. The fourth-order valence-corrected chi connectivity index (χ4v) is 2.14. The molecule has 0 aliphatic carbocycles. The molecule has 0 fully saturated rings.